The molecule has 0 radical (unpaired) electrons. The van der Waals surface area contributed by atoms with Gasteiger partial charge in [-0.1, -0.05) is 29.8 Å². The van der Waals surface area contributed by atoms with E-state index in [1.807, 2.05) is 24.3 Å². The summed E-state index contributed by atoms with van der Waals surface area (Å²) in [7, 11) is 3.83. The third kappa shape index (κ3) is 4.45. The molecule has 0 aliphatic carbocycles. The number of methoxy groups -OCH3 is 1. The molecule has 0 bridgehead atoms. The minimum absolute atomic E-state index is 0.0821. The Hall–Kier alpha value is -2.96. The smallest absolute Gasteiger partial charge is 0.264 e. The number of benzene rings is 2. The number of aryl methyl sites for hydroxylation is 1. The van der Waals surface area contributed by atoms with E-state index in [1.165, 1.54) is 16.9 Å². The zero-order chi connectivity index (χ0) is 22.9. The van der Waals surface area contributed by atoms with Gasteiger partial charge in [-0.3, -0.25) is 4.79 Å². The minimum atomic E-state index is 0.0821. The normalized spacial score (nSPS) is 15.2. The SMILES string of the molecule is COc1ccccc1CN(C(=O)c1cc2cc3cc(C)ccc3nc2s1)C1CCN(C)CC1. The second kappa shape index (κ2) is 9.12. The molecule has 0 N–H and O–H groups in total. The highest BCUT2D eigenvalue weighted by Gasteiger charge is 2.29. The van der Waals surface area contributed by atoms with E-state index in [1.54, 1.807) is 7.11 Å². The number of aromatic nitrogens is 1. The van der Waals surface area contributed by atoms with Crippen LogP contribution in [0.25, 0.3) is 21.1 Å². The Bertz CT molecular complexity index is 1310. The number of hydrogen-bond acceptors (Lipinski definition) is 5. The first kappa shape index (κ1) is 21.9. The number of amides is 1. The number of para-hydroxylation sites is 1. The summed E-state index contributed by atoms with van der Waals surface area (Å²) in [6, 6.07) is 18.6. The van der Waals surface area contributed by atoms with E-state index >= 15 is 0 Å². The lowest BCUT2D eigenvalue weighted by atomic mass is 10.0. The molecule has 1 saturated heterocycles. The van der Waals surface area contributed by atoms with Gasteiger partial charge in [0.1, 0.15) is 10.6 Å². The Labute approximate surface area is 198 Å². The van der Waals surface area contributed by atoms with Gasteiger partial charge in [0.2, 0.25) is 0 Å². The Morgan fingerprint density at radius 3 is 2.70 bits per heavy atom. The maximum atomic E-state index is 13.9. The number of fused-ring (bicyclic) bond motifs is 2. The van der Waals surface area contributed by atoms with Crippen molar-refractivity contribution in [1.82, 2.24) is 14.8 Å². The van der Waals surface area contributed by atoms with Crippen molar-refractivity contribution in [2.75, 3.05) is 27.2 Å². The average molecular weight is 460 g/mol. The summed E-state index contributed by atoms with van der Waals surface area (Å²) in [4.78, 5) is 24.8. The largest absolute Gasteiger partial charge is 0.496 e. The fraction of sp³-hybridized carbons (Fsp3) is 0.333. The van der Waals surface area contributed by atoms with Crippen molar-refractivity contribution >= 4 is 38.4 Å². The third-order valence-electron chi connectivity index (χ3n) is 6.59. The standard InChI is InChI=1S/C27H29N3O2S/c1-18-8-9-23-20(14-18)15-21-16-25(33-26(21)28-23)27(31)30(22-10-12-29(2)13-11-22)17-19-6-4-5-7-24(19)32-3/h4-9,14-16,22H,10-13,17H2,1-3H3. The first-order valence-electron chi connectivity index (χ1n) is 11.4. The van der Waals surface area contributed by atoms with Crippen LogP contribution in [-0.2, 0) is 6.54 Å². The first-order valence-corrected chi connectivity index (χ1v) is 12.3. The monoisotopic (exact) mass is 459 g/mol. The van der Waals surface area contributed by atoms with Crippen LogP contribution in [0.5, 0.6) is 5.75 Å². The Balaban J connectivity index is 1.51. The number of pyridine rings is 1. The van der Waals surface area contributed by atoms with Crippen molar-refractivity contribution in [2.45, 2.75) is 32.4 Å². The molecule has 0 unspecified atom stereocenters. The van der Waals surface area contributed by atoms with Crippen molar-refractivity contribution in [1.29, 1.82) is 0 Å². The lowest BCUT2D eigenvalue weighted by Crippen LogP contribution is -2.46. The van der Waals surface area contributed by atoms with Crippen LogP contribution in [0.2, 0.25) is 0 Å². The first-order chi connectivity index (χ1) is 16.0. The maximum absolute atomic E-state index is 13.9. The number of hydrogen-bond donors (Lipinski definition) is 0. The highest BCUT2D eigenvalue weighted by atomic mass is 32.1. The van der Waals surface area contributed by atoms with Gasteiger partial charge in [-0.2, -0.15) is 0 Å². The van der Waals surface area contributed by atoms with Gasteiger partial charge < -0.3 is 14.5 Å². The van der Waals surface area contributed by atoms with Gasteiger partial charge in [-0.25, -0.2) is 4.98 Å². The fourth-order valence-electron chi connectivity index (χ4n) is 4.69. The van der Waals surface area contributed by atoms with Crippen molar-refractivity contribution in [3.63, 3.8) is 0 Å². The predicted octanol–water partition coefficient (Wildman–Crippen LogP) is 5.50. The number of carbonyl (C=O) groups is 1. The van der Waals surface area contributed by atoms with Gasteiger partial charge in [0.15, 0.2) is 0 Å². The van der Waals surface area contributed by atoms with Crippen LogP contribution in [0.4, 0.5) is 0 Å². The molecular formula is C27H29N3O2S. The summed E-state index contributed by atoms with van der Waals surface area (Å²) < 4.78 is 5.58. The van der Waals surface area contributed by atoms with Crippen molar-refractivity contribution < 1.29 is 9.53 Å². The molecule has 33 heavy (non-hydrogen) atoms. The molecule has 2 aromatic carbocycles. The third-order valence-corrected chi connectivity index (χ3v) is 7.62. The molecule has 1 aliphatic heterocycles. The molecule has 0 atom stereocenters. The number of ether oxygens (including phenoxy) is 1. The van der Waals surface area contributed by atoms with Gasteiger partial charge in [0.25, 0.3) is 5.91 Å². The molecule has 5 nitrogen and oxygen atoms in total. The molecule has 170 valence electrons. The van der Waals surface area contributed by atoms with Crippen LogP contribution in [0.15, 0.2) is 54.6 Å². The van der Waals surface area contributed by atoms with E-state index in [0.717, 1.165) is 63.2 Å². The molecule has 0 saturated carbocycles. The second-order valence-electron chi connectivity index (χ2n) is 8.97. The Kier molecular flexibility index (Phi) is 6.04. The molecule has 6 heteroatoms. The van der Waals surface area contributed by atoms with Gasteiger partial charge >= 0.3 is 0 Å². The summed E-state index contributed by atoms with van der Waals surface area (Å²) >= 11 is 1.49. The summed E-state index contributed by atoms with van der Waals surface area (Å²) in [5, 5.41) is 2.14. The summed E-state index contributed by atoms with van der Waals surface area (Å²) in [5.41, 5.74) is 3.21. The van der Waals surface area contributed by atoms with E-state index < -0.39 is 0 Å². The summed E-state index contributed by atoms with van der Waals surface area (Å²) in [5.74, 6) is 0.904. The van der Waals surface area contributed by atoms with Crippen molar-refractivity contribution in [2.24, 2.45) is 0 Å². The zero-order valence-electron chi connectivity index (χ0n) is 19.4. The zero-order valence-corrected chi connectivity index (χ0v) is 20.2. The Morgan fingerprint density at radius 1 is 1.12 bits per heavy atom. The molecule has 2 aromatic heterocycles. The van der Waals surface area contributed by atoms with Gasteiger partial charge in [-0.05, 0) is 70.2 Å². The number of nitrogens with zero attached hydrogens (tertiary/aromatic N) is 3. The maximum Gasteiger partial charge on any atom is 0.264 e. The van der Waals surface area contributed by atoms with E-state index in [2.05, 4.69) is 54.1 Å². The van der Waals surface area contributed by atoms with Crippen LogP contribution in [0.1, 0.15) is 33.6 Å². The second-order valence-corrected chi connectivity index (χ2v) is 10.00. The van der Waals surface area contributed by atoms with Crippen LogP contribution < -0.4 is 4.74 Å². The highest BCUT2D eigenvalue weighted by molar-refractivity contribution is 7.20. The lowest BCUT2D eigenvalue weighted by Gasteiger charge is -2.37. The van der Waals surface area contributed by atoms with Crippen LogP contribution in [0.3, 0.4) is 0 Å². The molecule has 3 heterocycles. The number of piperidine rings is 1. The molecule has 4 aromatic rings. The lowest BCUT2D eigenvalue weighted by molar-refractivity contribution is 0.0573. The summed E-state index contributed by atoms with van der Waals surface area (Å²) in [6.45, 7) is 4.63. The molecule has 1 fully saturated rings. The predicted molar refractivity (Wildman–Crippen MR) is 135 cm³/mol. The quantitative estimate of drug-likeness (QED) is 0.395. The van der Waals surface area contributed by atoms with Crippen molar-refractivity contribution in [3.8, 4) is 5.75 Å². The van der Waals surface area contributed by atoms with E-state index in [0.29, 0.717) is 6.54 Å². The molecule has 5 rings (SSSR count). The molecule has 1 aliphatic rings. The van der Waals surface area contributed by atoms with Crippen molar-refractivity contribution in [3.05, 3.63) is 70.6 Å². The summed E-state index contributed by atoms with van der Waals surface area (Å²) in [6.07, 6.45) is 1.95. The Morgan fingerprint density at radius 2 is 1.91 bits per heavy atom. The number of rotatable bonds is 5. The van der Waals surface area contributed by atoms with Gasteiger partial charge in [0, 0.05) is 28.9 Å². The van der Waals surface area contributed by atoms with Crippen LogP contribution in [-0.4, -0.2) is 54.0 Å². The van der Waals surface area contributed by atoms with E-state index in [9.17, 15) is 4.79 Å². The number of carbonyl (C=O) groups excluding carboxylic acids is 1. The minimum Gasteiger partial charge on any atom is -0.496 e. The highest BCUT2D eigenvalue weighted by Crippen LogP contribution is 2.31. The van der Waals surface area contributed by atoms with Crippen LogP contribution >= 0.6 is 11.3 Å². The molecular weight excluding hydrogens is 430 g/mol. The van der Waals surface area contributed by atoms with E-state index in [-0.39, 0.29) is 11.9 Å². The van der Waals surface area contributed by atoms with E-state index in [4.69, 9.17) is 9.72 Å². The van der Waals surface area contributed by atoms with Gasteiger partial charge in [0.05, 0.1) is 17.5 Å². The molecule has 0 spiro atoms. The average Bonchev–Trinajstić information content (AvgIpc) is 3.24. The van der Waals surface area contributed by atoms with Gasteiger partial charge in [-0.15, -0.1) is 11.3 Å². The molecule has 1 amide bonds. The van der Waals surface area contributed by atoms with Crippen LogP contribution in [0, 0.1) is 6.92 Å². The number of thiophene rings is 1. The number of likely N-dealkylation sites (tertiary alicyclic amines) is 1. The fourth-order valence-corrected chi connectivity index (χ4v) is 5.67. The topological polar surface area (TPSA) is 45.7 Å².